The molecule has 1 N–H and O–H groups in total. The molecule has 0 bridgehead atoms. The van der Waals surface area contributed by atoms with Gasteiger partial charge in [-0.05, 0) is 37.6 Å². The van der Waals surface area contributed by atoms with Crippen molar-refractivity contribution in [2.24, 2.45) is 0 Å². The molecule has 0 radical (unpaired) electrons. The highest BCUT2D eigenvalue weighted by atomic mass is 16.5. The van der Waals surface area contributed by atoms with E-state index in [2.05, 4.69) is 30.4 Å². The largest absolute Gasteiger partial charge is 0.493 e. The second-order valence-corrected chi connectivity index (χ2v) is 4.59. The molecule has 17 heavy (non-hydrogen) atoms. The Hall–Kier alpha value is -1.06. The number of fused-ring (bicyclic) bond motifs is 1. The summed E-state index contributed by atoms with van der Waals surface area (Å²) in [5, 5.41) is 3.35. The molecular weight excluding hydrogens is 214 g/mol. The molecule has 94 valence electrons. The molecule has 1 heterocycles. The van der Waals surface area contributed by atoms with E-state index in [0.29, 0.717) is 6.04 Å². The van der Waals surface area contributed by atoms with Crippen LogP contribution in [-0.2, 0) is 11.2 Å². The number of rotatable bonds is 5. The minimum absolute atomic E-state index is 0.261. The van der Waals surface area contributed by atoms with E-state index in [1.165, 1.54) is 11.1 Å². The lowest BCUT2D eigenvalue weighted by molar-refractivity contribution is 0.101. The van der Waals surface area contributed by atoms with Gasteiger partial charge in [-0.15, -0.1) is 0 Å². The molecule has 3 heteroatoms. The van der Waals surface area contributed by atoms with Gasteiger partial charge in [0.15, 0.2) is 0 Å². The second-order valence-electron chi connectivity index (χ2n) is 4.59. The van der Waals surface area contributed by atoms with Gasteiger partial charge in [-0.2, -0.15) is 0 Å². The fourth-order valence-electron chi connectivity index (χ4n) is 2.27. The zero-order valence-corrected chi connectivity index (χ0v) is 10.8. The lowest BCUT2D eigenvalue weighted by atomic mass is 9.98. The standard InChI is InChI=1S/C14H21NO2/c1-10(16-3)8-13(15-2)11-4-5-14-12(9-11)6-7-17-14/h4-5,9-10,13,15H,6-8H2,1-3H3. The van der Waals surface area contributed by atoms with Gasteiger partial charge in [0.05, 0.1) is 12.7 Å². The van der Waals surface area contributed by atoms with Gasteiger partial charge in [0, 0.05) is 19.6 Å². The molecule has 2 unspecified atom stereocenters. The summed E-state index contributed by atoms with van der Waals surface area (Å²) < 4.78 is 10.9. The Labute approximate surface area is 103 Å². The van der Waals surface area contributed by atoms with Crippen LogP contribution in [0.25, 0.3) is 0 Å². The van der Waals surface area contributed by atoms with Crippen LogP contribution in [0.15, 0.2) is 18.2 Å². The predicted octanol–water partition coefficient (Wildman–Crippen LogP) is 2.31. The summed E-state index contributed by atoms with van der Waals surface area (Å²) in [5.74, 6) is 1.04. The first kappa shape index (κ1) is 12.4. The molecular formula is C14H21NO2. The van der Waals surface area contributed by atoms with E-state index in [4.69, 9.17) is 9.47 Å². The van der Waals surface area contributed by atoms with E-state index in [1.54, 1.807) is 7.11 Å². The summed E-state index contributed by atoms with van der Waals surface area (Å²) in [7, 11) is 3.75. The van der Waals surface area contributed by atoms with Gasteiger partial charge in [0.25, 0.3) is 0 Å². The third kappa shape index (κ3) is 2.79. The fourth-order valence-corrected chi connectivity index (χ4v) is 2.27. The maximum atomic E-state index is 5.52. The number of nitrogens with one attached hydrogen (secondary N) is 1. The summed E-state index contributed by atoms with van der Waals surface area (Å²) >= 11 is 0. The first-order valence-corrected chi connectivity index (χ1v) is 6.20. The number of hydrogen-bond donors (Lipinski definition) is 1. The lowest BCUT2D eigenvalue weighted by Gasteiger charge is -2.20. The van der Waals surface area contributed by atoms with E-state index in [0.717, 1.165) is 25.2 Å². The highest BCUT2D eigenvalue weighted by Crippen LogP contribution is 2.29. The van der Waals surface area contributed by atoms with Gasteiger partial charge in [-0.1, -0.05) is 12.1 Å². The summed E-state index contributed by atoms with van der Waals surface area (Å²) in [6.45, 7) is 2.91. The van der Waals surface area contributed by atoms with Gasteiger partial charge in [-0.25, -0.2) is 0 Å². The van der Waals surface area contributed by atoms with E-state index in [1.807, 2.05) is 7.05 Å². The highest BCUT2D eigenvalue weighted by Gasteiger charge is 2.17. The Morgan fingerprint density at radius 1 is 1.47 bits per heavy atom. The zero-order chi connectivity index (χ0) is 12.3. The van der Waals surface area contributed by atoms with Crippen molar-refractivity contribution in [1.82, 2.24) is 5.32 Å². The van der Waals surface area contributed by atoms with Crippen LogP contribution in [-0.4, -0.2) is 26.9 Å². The van der Waals surface area contributed by atoms with Crippen molar-refractivity contribution in [1.29, 1.82) is 0 Å². The van der Waals surface area contributed by atoms with Crippen molar-refractivity contribution >= 4 is 0 Å². The molecule has 0 saturated heterocycles. The van der Waals surface area contributed by atoms with E-state index < -0.39 is 0 Å². The summed E-state index contributed by atoms with van der Waals surface area (Å²) in [4.78, 5) is 0. The van der Waals surface area contributed by atoms with Gasteiger partial charge in [0.1, 0.15) is 5.75 Å². The Morgan fingerprint density at radius 2 is 2.29 bits per heavy atom. The topological polar surface area (TPSA) is 30.5 Å². The number of benzene rings is 1. The molecule has 0 saturated carbocycles. The molecule has 0 amide bonds. The van der Waals surface area contributed by atoms with Crippen LogP contribution < -0.4 is 10.1 Å². The average Bonchev–Trinajstić information content (AvgIpc) is 2.82. The predicted molar refractivity (Wildman–Crippen MR) is 68.5 cm³/mol. The number of ether oxygens (including phenoxy) is 2. The maximum Gasteiger partial charge on any atom is 0.122 e. The minimum Gasteiger partial charge on any atom is -0.493 e. The summed E-state index contributed by atoms with van der Waals surface area (Å²) in [6.07, 6.45) is 2.27. The average molecular weight is 235 g/mol. The maximum absolute atomic E-state index is 5.52. The van der Waals surface area contributed by atoms with Crippen LogP contribution in [0.3, 0.4) is 0 Å². The van der Waals surface area contributed by atoms with Crippen molar-refractivity contribution in [2.75, 3.05) is 20.8 Å². The molecule has 0 aromatic heterocycles. The van der Waals surface area contributed by atoms with Gasteiger partial charge in [0.2, 0.25) is 0 Å². The van der Waals surface area contributed by atoms with E-state index >= 15 is 0 Å². The highest BCUT2D eigenvalue weighted by molar-refractivity contribution is 5.40. The molecule has 0 fully saturated rings. The van der Waals surface area contributed by atoms with Gasteiger partial charge in [-0.3, -0.25) is 0 Å². The summed E-state index contributed by atoms with van der Waals surface area (Å²) in [6, 6.07) is 6.83. The number of methoxy groups -OCH3 is 1. The molecule has 1 aliphatic heterocycles. The van der Waals surface area contributed by atoms with Crippen molar-refractivity contribution in [3.63, 3.8) is 0 Å². The molecule has 2 atom stereocenters. The van der Waals surface area contributed by atoms with Crippen LogP contribution in [0, 0.1) is 0 Å². The molecule has 3 nitrogen and oxygen atoms in total. The monoisotopic (exact) mass is 235 g/mol. The quantitative estimate of drug-likeness (QED) is 0.849. The van der Waals surface area contributed by atoms with Crippen LogP contribution >= 0.6 is 0 Å². The Morgan fingerprint density at radius 3 is 3.00 bits per heavy atom. The fraction of sp³-hybridized carbons (Fsp3) is 0.571. The van der Waals surface area contributed by atoms with E-state index in [-0.39, 0.29) is 6.10 Å². The zero-order valence-electron chi connectivity index (χ0n) is 10.8. The molecule has 1 aliphatic rings. The van der Waals surface area contributed by atoms with Crippen LogP contribution in [0.5, 0.6) is 5.75 Å². The molecule has 0 spiro atoms. The normalized spacial score (nSPS) is 17.4. The van der Waals surface area contributed by atoms with Crippen molar-refractivity contribution in [3.05, 3.63) is 29.3 Å². The van der Waals surface area contributed by atoms with Crippen LogP contribution in [0.1, 0.15) is 30.5 Å². The third-order valence-corrected chi connectivity index (χ3v) is 3.43. The third-order valence-electron chi connectivity index (χ3n) is 3.43. The first-order valence-electron chi connectivity index (χ1n) is 6.20. The molecule has 1 aromatic carbocycles. The first-order chi connectivity index (χ1) is 8.24. The Kier molecular flexibility index (Phi) is 4.02. The summed E-state index contributed by atoms with van der Waals surface area (Å²) in [5.41, 5.74) is 2.65. The SMILES string of the molecule is CNC(CC(C)OC)c1ccc2c(c1)CCO2. The van der Waals surface area contributed by atoms with Gasteiger partial charge >= 0.3 is 0 Å². The van der Waals surface area contributed by atoms with Crippen molar-refractivity contribution in [2.45, 2.75) is 31.9 Å². The lowest BCUT2D eigenvalue weighted by Crippen LogP contribution is -2.22. The van der Waals surface area contributed by atoms with Crippen molar-refractivity contribution in [3.8, 4) is 5.75 Å². The van der Waals surface area contributed by atoms with E-state index in [9.17, 15) is 0 Å². The Bertz CT molecular complexity index is 378. The van der Waals surface area contributed by atoms with Gasteiger partial charge < -0.3 is 14.8 Å². The molecule has 2 rings (SSSR count). The second kappa shape index (κ2) is 5.52. The minimum atomic E-state index is 0.261. The smallest absolute Gasteiger partial charge is 0.122 e. The van der Waals surface area contributed by atoms with Crippen LogP contribution in [0.4, 0.5) is 0 Å². The van der Waals surface area contributed by atoms with Crippen LogP contribution in [0.2, 0.25) is 0 Å². The molecule has 1 aromatic rings. The number of hydrogen-bond acceptors (Lipinski definition) is 3. The Balaban J connectivity index is 2.14. The molecule has 0 aliphatic carbocycles. The van der Waals surface area contributed by atoms with Crippen molar-refractivity contribution < 1.29 is 9.47 Å².